The van der Waals surface area contributed by atoms with Crippen LogP contribution in [0.15, 0.2) is 60.7 Å². The Balaban J connectivity index is 1.56. The average Bonchev–Trinajstić information content (AvgIpc) is 3.62. The summed E-state index contributed by atoms with van der Waals surface area (Å²) < 4.78 is 0. The monoisotopic (exact) mass is 424 g/mol. The number of benzene rings is 2. The quantitative estimate of drug-likeness (QED) is 0.393. The number of aliphatic hydroxyl groups is 2. The summed E-state index contributed by atoms with van der Waals surface area (Å²) in [5.74, 6) is -0.494. The number of carbonyl (C=O) groups is 2. The van der Waals surface area contributed by atoms with Gasteiger partial charge in [-0.2, -0.15) is 0 Å². The largest absolute Gasteiger partial charge is 0.396 e. The van der Waals surface area contributed by atoms with E-state index in [2.05, 4.69) is 10.6 Å². The third kappa shape index (κ3) is 5.93. The van der Waals surface area contributed by atoms with Crippen molar-refractivity contribution in [1.82, 2.24) is 10.6 Å². The van der Waals surface area contributed by atoms with E-state index < -0.39 is 5.41 Å². The number of nitrogens with one attached hydrogen (secondary N) is 2. The Labute approximate surface area is 183 Å². The second-order valence-corrected chi connectivity index (χ2v) is 8.24. The smallest absolute Gasteiger partial charge is 0.235 e. The van der Waals surface area contributed by atoms with Crippen LogP contribution < -0.4 is 10.6 Å². The molecule has 0 unspecified atom stereocenters. The van der Waals surface area contributed by atoms with Gasteiger partial charge in [-0.1, -0.05) is 60.7 Å². The Kier molecular flexibility index (Phi) is 8.20. The van der Waals surface area contributed by atoms with E-state index in [-0.39, 0.29) is 36.9 Å². The van der Waals surface area contributed by atoms with Crippen molar-refractivity contribution >= 4 is 11.8 Å². The van der Waals surface area contributed by atoms with Crippen molar-refractivity contribution in [3.63, 3.8) is 0 Å². The van der Waals surface area contributed by atoms with Crippen LogP contribution >= 0.6 is 0 Å². The Morgan fingerprint density at radius 3 is 1.45 bits per heavy atom. The molecule has 0 spiro atoms. The predicted octanol–water partition coefficient (Wildman–Crippen LogP) is 2.33. The van der Waals surface area contributed by atoms with Crippen LogP contribution in [0.25, 0.3) is 0 Å². The van der Waals surface area contributed by atoms with Gasteiger partial charge in [0.25, 0.3) is 0 Å². The van der Waals surface area contributed by atoms with E-state index in [1.807, 2.05) is 60.7 Å². The molecule has 6 heteroatoms. The first kappa shape index (κ1) is 23.0. The molecule has 4 N–H and O–H groups in total. The summed E-state index contributed by atoms with van der Waals surface area (Å²) in [7, 11) is 0. The highest BCUT2D eigenvalue weighted by Gasteiger charge is 2.56. The van der Waals surface area contributed by atoms with Crippen LogP contribution in [0.1, 0.15) is 48.6 Å². The summed E-state index contributed by atoms with van der Waals surface area (Å²) in [6.45, 7) is 0.838. The summed E-state index contributed by atoms with van der Waals surface area (Å²) >= 11 is 0. The zero-order valence-corrected chi connectivity index (χ0v) is 17.8. The highest BCUT2D eigenvalue weighted by Crippen LogP contribution is 2.46. The lowest BCUT2D eigenvalue weighted by molar-refractivity contribution is -0.137. The van der Waals surface area contributed by atoms with Gasteiger partial charge in [-0.25, -0.2) is 0 Å². The molecule has 0 saturated heterocycles. The van der Waals surface area contributed by atoms with Crippen LogP contribution in [0.2, 0.25) is 0 Å². The third-order valence-corrected chi connectivity index (χ3v) is 6.13. The predicted molar refractivity (Wildman–Crippen MR) is 119 cm³/mol. The molecule has 1 aliphatic carbocycles. The number of hydrogen-bond donors (Lipinski definition) is 4. The molecule has 2 aromatic carbocycles. The normalized spacial score (nSPS) is 16.2. The van der Waals surface area contributed by atoms with Gasteiger partial charge >= 0.3 is 0 Å². The molecule has 2 atom stereocenters. The molecule has 0 radical (unpaired) electrons. The molecule has 3 rings (SSSR count). The molecule has 0 bridgehead atoms. The SMILES string of the molecule is O=C(NC[C@@H](CCO)c1ccccc1)C1(C(=O)NC[C@H](CCO)c2ccccc2)CC1. The Morgan fingerprint density at radius 1 is 0.742 bits per heavy atom. The first-order valence-corrected chi connectivity index (χ1v) is 11.0. The molecular weight excluding hydrogens is 392 g/mol. The minimum absolute atomic E-state index is 0.000950. The van der Waals surface area contributed by atoms with Crippen molar-refractivity contribution in [2.24, 2.45) is 5.41 Å². The molecule has 31 heavy (non-hydrogen) atoms. The third-order valence-electron chi connectivity index (χ3n) is 6.13. The van der Waals surface area contributed by atoms with E-state index in [0.717, 1.165) is 11.1 Å². The van der Waals surface area contributed by atoms with E-state index in [9.17, 15) is 19.8 Å². The van der Waals surface area contributed by atoms with Gasteiger partial charge in [0, 0.05) is 38.1 Å². The average molecular weight is 425 g/mol. The lowest BCUT2D eigenvalue weighted by atomic mass is 9.94. The Hall–Kier alpha value is -2.70. The summed E-state index contributed by atoms with van der Waals surface area (Å²) in [4.78, 5) is 25.7. The first-order valence-electron chi connectivity index (χ1n) is 11.0. The number of hydrogen-bond acceptors (Lipinski definition) is 4. The molecule has 1 saturated carbocycles. The van der Waals surface area contributed by atoms with Crippen molar-refractivity contribution in [2.45, 2.75) is 37.5 Å². The van der Waals surface area contributed by atoms with Crippen molar-refractivity contribution in [2.75, 3.05) is 26.3 Å². The highest BCUT2D eigenvalue weighted by molar-refractivity contribution is 6.07. The summed E-state index contributed by atoms with van der Waals surface area (Å²) in [6, 6.07) is 19.5. The molecule has 0 aliphatic heterocycles. The molecule has 2 amide bonds. The maximum Gasteiger partial charge on any atom is 0.235 e. The standard InChI is InChI=1S/C25H32N2O4/c28-15-11-21(19-7-3-1-4-8-19)17-26-23(30)25(13-14-25)24(31)27-18-22(12-16-29)20-9-5-2-6-10-20/h1-10,21-22,28-29H,11-18H2,(H,26,30)(H,27,31)/t21-,22+. The Bertz CT molecular complexity index is 770. The minimum atomic E-state index is -0.999. The van der Waals surface area contributed by atoms with Gasteiger partial charge in [0.1, 0.15) is 5.41 Å². The van der Waals surface area contributed by atoms with E-state index in [1.54, 1.807) is 0 Å². The number of amides is 2. The molecule has 0 aromatic heterocycles. The van der Waals surface area contributed by atoms with Crippen molar-refractivity contribution < 1.29 is 19.8 Å². The molecule has 0 heterocycles. The van der Waals surface area contributed by atoms with E-state index in [0.29, 0.717) is 38.8 Å². The summed E-state index contributed by atoms with van der Waals surface area (Å²) in [6.07, 6.45) is 2.17. The van der Waals surface area contributed by atoms with Gasteiger partial charge in [0.15, 0.2) is 0 Å². The minimum Gasteiger partial charge on any atom is -0.396 e. The number of carbonyl (C=O) groups excluding carboxylic acids is 2. The fourth-order valence-corrected chi connectivity index (χ4v) is 3.99. The maximum absolute atomic E-state index is 12.9. The van der Waals surface area contributed by atoms with Crippen LogP contribution in [0.3, 0.4) is 0 Å². The van der Waals surface area contributed by atoms with Crippen LogP contribution in [0.4, 0.5) is 0 Å². The van der Waals surface area contributed by atoms with Gasteiger partial charge < -0.3 is 20.8 Å². The topological polar surface area (TPSA) is 98.7 Å². The molecule has 1 aliphatic rings. The van der Waals surface area contributed by atoms with Gasteiger partial charge in [0.05, 0.1) is 0 Å². The van der Waals surface area contributed by atoms with E-state index in [1.165, 1.54) is 0 Å². The number of rotatable bonds is 12. The second kappa shape index (κ2) is 11.1. The van der Waals surface area contributed by atoms with Gasteiger partial charge in [-0.05, 0) is 36.8 Å². The fourth-order valence-electron chi connectivity index (χ4n) is 3.99. The van der Waals surface area contributed by atoms with Gasteiger partial charge in [0.2, 0.25) is 11.8 Å². The van der Waals surface area contributed by atoms with Crippen molar-refractivity contribution in [3.8, 4) is 0 Å². The zero-order valence-electron chi connectivity index (χ0n) is 17.8. The molecule has 1 fully saturated rings. The van der Waals surface area contributed by atoms with Crippen LogP contribution in [0.5, 0.6) is 0 Å². The lowest BCUT2D eigenvalue weighted by Gasteiger charge is -2.22. The molecular formula is C25H32N2O4. The Morgan fingerprint density at radius 2 is 1.13 bits per heavy atom. The van der Waals surface area contributed by atoms with Crippen LogP contribution in [-0.4, -0.2) is 48.3 Å². The molecule has 2 aromatic rings. The maximum atomic E-state index is 12.9. The lowest BCUT2D eigenvalue weighted by Crippen LogP contribution is -2.45. The fraction of sp³-hybridized carbons (Fsp3) is 0.440. The highest BCUT2D eigenvalue weighted by atomic mass is 16.3. The summed E-state index contributed by atoms with van der Waals surface area (Å²) in [5.41, 5.74) is 1.11. The van der Waals surface area contributed by atoms with Crippen molar-refractivity contribution in [1.29, 1.82) is 0 Å². The molecule has 6 nitrogen and oxygen atoms in total. The van der Waals surface area contributed by atoms with Gasteiger partial charge in [-0.15, -0.1) is 0 Å². The van der Waals surface area contributed by atoms with Crippen LogP contribution in [0, 0.1) is 5.41 Å². The van der Waals surface area contributed by atoms with Crippen molar-refractivity contribution in [3.05, 3.63) is 71.8 Å². The summed E-state index contributed by atoms with van der Waals surface area (Å²) in [5, 5.41) is 24.7. The van der Waals surface area contributed by atoms with E-state index in [4.69, 9.17) is 0 Å². The van der Waals surface area contributed by atoms with Crippen LogP contribution in [-0.2, 0) is 9.59 Å². The van der Waals surface area contributed by atoms with Gasteiger partial charge in [-0.3, -0.25) is 9.59 Å². The first-order chi connectivity index (χ1) is 15.1. The number of aliphatic hydroxyl groups excluding tert-OH is 2. The van der Waals surface area contributed by atoms with E-state index >= 15 is 0 Å². The second-order valence-electron chi connectivity index (χ2n) is 8.24. The molecule has 166 valence electrons. The zero-order chi connectivity index (χ0) is 22.1.